The van der Waals surface area contributed by atoms with Crippen LogP contribution in [0.25, 0.3) is 10.8 Å². The average Bonchev–Trinajstić information content (AvgIpc) is 2.69. The molecule has 1 saturated carbocycles. The lowest BCUT2D eigenvalue weighted by molar-refractivity contribution is 0.568. The summed E-state index contributed by atoms with van der Waals surface area (Å²) in [5.41, 5.74) is 0. The SMILES string of the molecule is C1=CC2CCC1C2.[N-]=C=O.[N-]=C=O. The minimum Gasteiger partial charge on any atom is -0.724 e. The second kappa shape index (κ2) is 7.17. The van der Waals surface area contributed by atoms with E-state index in [9.17, 15) is 0 Å². The molecule has 4 heteroatoms. The summed E-state index contributed by atoms with van der Waals surface area (Å²) in [5, 5.41) is 13.5. The van der Waals surface area contributed by atoms with Crippen molar-refractivity contribution in [3.05, 3.63) is 23.0 Å². The van der Waals surface area contributed by atoms with Gasteiger partial charge in [0.25, 0.3) is 0 Å². The van der Waals surface area contributed by atoms with Crippen molar-refractivity contribution in [2.75, 3.05) is 0 Å². The van der Waals surface area contributed by atoms with E-state index < -0.39 is 0 Å². The molecule has 70 valence electrons. The maximum atomic E-state index is 8.24. The van der Waals surface area contributed by atoms with Gasteiger partial charge in [0.1, 0.15) is 0 Å². The molecule has 4 nitrogen and oxygen atoms in total. The standard InChI is InChI=1S/C7H10.2CNO/c1-2-7-4-3-6(1)5-7;2*2-1-3/h1-2,6-7H,3-5H2;;/q;2*-1. The van der Waals surface area contributed by atoms with Crippen molar-refractivity contribution < 1.29 is 9.59 Å². The Morgan fingerprint density at radius 1 is 1.00 bits per heavy atom. The maximum Gasteiger partial charge on any atom is -0.0159 e. The van der Waals surface area contributed by atoms with Crippen LogP contribution in [-0.4, -0.2) is 12.2 Å². The molecule has 0 heterocycles. The zero-order valence-corrected chi connectivity index (χ0v) is 7.14. The third-order valence-electron chi connectivity index (χ3n) is 2.17. The van der Waals surface area contributed by atoms with E-state index in [0.29, 0.717) is 12.2 Å². The van der Waals surface area contributed by atoms with Gasteiger partial charge in [-0.25, -0.2) is 0 Å². The van der Waals surface area contributed by atoms with Crippen molar-refractivity contribution in [1.29, 1.82) is 0 Å². The van der Waals surface area contributed by atoms with Crippen molar-refractivity contribution in [2.24, 2.45) is 11.8 Å². The van der Waals surface area contributed by atoms with Gasteiger partial charge in [0, 0.05) is 0 Å². The molecule has 13 heavy (non-hydrogen) atoms. The molecule has 0 radical (unpaired) electrons. The Bertz CT molecular complexity index is 212. The molecule has 0 aliphatic heterocycles. The van der Waals surface area contributed by atoms with Crippen molar-refractivity contribution in [1.82, 2.24) is 0 Å². The highest BCUT2D eigenvalue weighted by Gasteiger charge is 2.25. The van der Waals surface area contributed by atoms with Gasteiger partial charge in [0.2, 0.25) is 0 Å². The first kappa shape index (κ1) is 11.5. The van der Waals surface area contributed by atoms with Gasteiger partial charge >= 0.3 is 0 Å². The number of hydrogen-bond donors (Lipinski definition) is 0. The van der Waals surface area contributed by atoms with Gasteiger partial charge in [-0.15, -0.1) is 0 Å². The van der Waals surface area contributed by atoms with Gasteiger partial charge in [0.05, 0.1) is 0 Å². The highest BCUT2D eigenvalue weighted by atomic mass is 16.1. The Morgan fingerprint density at radius 3 is 1.38 bits per heavy atom. The normalized spacial score (nSPS) is 25.8. The van der Waals surface area contributed by atoms with Gasteiger partial charge in [0.15, 0.2) is 0 Å². The number of isocyanates is 2. The van der Waals surface area contributed by atoms with E-state index in [0.717, 1.165) is 11.8 Å². The number of allylic oxidation sites excluding steroid dienone is 2. The maximum absolute atomic E-state index is 8.24. The number of nitrogens with zero attached hydrogens (tertiary/aromatic N) is 2. The van der Waals surface area contributed by atoms with Gasteiger partial charge in [-0.1, -0.05) is 12.2 Å². The molecule has 0 amide bonds. The third-order valence-corrected chi connectivity index (χ3v) is 2.17. The van der Waals surface area contributed by atoms with E-state index in [2.05, 4.69) is 12.2 Å². The number of hydrogen-bond acceptors (Lipinski definition) is 2. The quantitative estimate of drug-likeness (QED) is 0.322. The molecule has 2 atom stereocenters. The molecular formula is C9H10N2O2-2. The molecule has 2 rings (SSSR count). The molecule has 0 saturated heterocycles. The van der Waals surface area contributed by atoms with Gasteiger partial charge in [-0.05, 0) is 43.3 Å². The van der Waals surface area contributed by atoms with Crippen molar-refractivity contribution in [3.8, 4) is 0 Å². The van der Waals surface area contributed by atoms with Crippen LogP contribution in [0.15, 0.2) is 12.2 Å². The Balaban J connectivity index is 0.000000208. The van der Waals surface area contributed by atoms with Crippen molar-refractivity contribution >= 4 is 12.2 Å². The summed E-state index contributed by atoms with van der Waals surface area (Å²) < 4.78 is 0. The van der Waals surface area contributed by atoms with E-state index in [1.807, 2.05) is 0 Å². The average molecular weight is 178 g/mol. The lowest BCUT2D eigenvalue weighted by Gasteiger charge is -1.96. The molecule has 2 aliphatic rings. The van der Waals surface area contributed by atoms with Crippen LogP contribution in [0.1, 0.15) is 19.3 Å². The van der Waals surface area contributed by atoms with E-state index >= 15 is 0 Å². The Kier molecular flexibility index (Phi) is 6.34. The molecule has 0 aromatic heterocycles. The summed E-state index contributed by atoms with van der Waals surface area (Å²) in [6.07, 6.45) is 10.2. The van der Waals surface area contributed by atoms with E-state index in [4.69, 9.17) is 20.4 Å². The van der Waals surface area contributed by atoms with Crippen molar-refractivity contribution in [2.45, 2.75) is 19.3 Å². The fourth-order valence-electron chi connectivity index (χ4n) is 1.72. The molecule has 2 aliphatic carbocycles. The van der Waals surface area contributed by atoms with Crippen molar-refractivity contribution in [3.63, 3.8) is 0 Å². The van der Waals surface area contributed by atoms with E-state index in [-0.39, 0.29) is 0 Å². The molecular weight excluding hydrogens is 168 g/mol. The first-order valence-corrected chi connectivity index (χ1v) is 3.99. The van der Waals surface area contributed by atoms with Crippen LogP contribution < -0.4 is 0 Å². The fraction of sp³-hybridized carbons (Fsp3) is 0.556. The largest absolute Gasteiger partial charge is 0.724 e. The molecule has 1 fully saturated rings. The minimum atomic E-state index is 0.500. The summed E-state index contributed by atoms with van der Waals surface area (Å²) >= 11 is 0. The molecule has 0 spiro atoms. The molecule has 2 bridgehead atoms. The van der Waals surface area contributed by atoms with E-state index in [1.54, 1.807) is 0 Å². The van der Waals surface area contributed by atoms with Gasteiger partial charge in [-0.2, -0.15) is 0 Å². The summed E-state index contributed by atoms with van der Waals surface area (Å²) in [5.74, 6) is 1.98. The Morgan fingerprint density at radius 2 is 1.31 bits per heavy atom. The molecule has 0 N–H and O–H groups in total. The predicted octanol–water partition coefficient (Wildman–Crippen LogP) is 1.76. The molecule has 2 unspecified atom stereocenters. The number of rotatable bonds is 0. The molecule has 0 aromatic rings. The summed E-state index contributed by atoms with van der Waals surface area (Å²) in [7, 11) is 0. The fourth-order valence-corrected chi connectivity index (χ4v) is 1.72. The first-order valence-electron chi connectivity index (χ1n) is 3.99. The number of fused-ring (bicyclic) bond motifs is 2. The lowest BCUT2D eigenvalue weighted by Crippen LogP contribution is -1.82. The zero-order chi connectivity index (χ0) is 10.1. The lowest BCUT2D eigenvalue weighted by atomic mass is 10.1. The highest BCUT2D eigenvalue weighted by molar-refractivity contribution is 5.37. The van der Waals surface area contributed by atoms with Crippen LogP contribution in [-0.2, 0) is 9.59 Å². The monoisotopic (exact) mass is 178 g/mol. The highest BCUT2D eigenvalue weighted by Crippen LogP contribution is 2.38. The van der Waals surface area contributed by atoms with Crippen LogP contribution in [0, 0.1) is 11.8 Å². The first-order chi connectivity index (χ1) is 6.28. The van der Waals surface area contributed by atoms with Gasteiger partial charge in [-0.3, -0.25) is 9.59 Å². The van der Waals surface area contributed by atoms with E-state index in [1.165, 1.54) is 19.3 Å². The zero-order valence-electron chi connectivity index (χ0n) is 7.14. The van der Waals surface area contributed by atoms with Gasteiger partial charge < -0.3 is 10.8 Å². The summed E-state index contributed by atoms with van der Waals surface area (Å²) in [6, 6.07) is 0. The Hall–Kier alpha value is -1.50. The van der Waals surface area contributed by atoms with Crippen LogP contribution >= 0.6 is 0 Å². The predicted molar refractivity (Wildman–Crippen MR) is 48.1 cm³/mol. The Labute approximate surface area is 76.7 Å². The van der Waals surface area contributed by atoms with Crippen LogP contribution in [0.2, 0.25) is 0 Å². The second-order valence-corrected chi connectivity index (χ2v) is 2.90. The second-order valence-electron chi connectivity index (χ2n) is 2.90. The third kappa shape index (κ3) is 4.86. The molecule has 0 aromatic carbocycles. The van der Waals surface area contributed by atoms with Crippen LogP contribution in [0.5, 0.6) is 0 Å². The van der Waals surface area contributed by atoms with Crippen LogP contribution in [0.3, 0.4) is 0 Å². The summed E-state index contributed by atoms with van der Waals surface area (Å²) in [6.45, 7) is 0. The minimum absolute atomic E-state index is 0.500. The smallest absolute Gasteiger partial charge is 0.0159 e. The van der Waals surface area contributed by atoms with Crippen LogP contribution in [0.4, 0.5) is 0 Å². The number of carbonyl (C=O) groups excluding carboxylic acids is 2. The topological polar surface area (TPSA) is 78.7 Å². The summed E-state index contributed by atoms with van der Waals surface area (Å²) in [4.78, 5) is 16.5.